The van der Waals surface area contributed by atoms with Crippen molar-refractivity contribution in [1.29, 1.82) is 0 Å². The summed E-state index contributed by atoms with van der Waals surface area (Å²) < 4.78 is 6.04. The van der Waals surface area contributed by atoms with Crippen LogP contribution in [0.15, 0.2) is 0 Å². The van der Waals surface area contributed by atoms with Gasteiger partial charge in [0.2, 0.25) is 0 Å². The number of hydrogen-bond acceptors (Lipinski definition) is 3. The number of hydrogen-bond donors (Lipinski definition) is 0. The lowest BCUT2D eigenvalue weighted by Gasteiger charge is -2.49. The Hall–Kier alpha value is -0.410. The van der Waals surface area contributed by atoms with Crippen LogP contribution in [0.25, 0.3) is 0 Å². The van der Waals surface area contributed by atoms with Crippen LogP contribution in [0.2, 0.25) is 0 Å². The van der Waals surface area contributed by atoms with Gasteiger partial charge in [-0.15, -0.1) is 0 Å². The zero-order valence-corrected chi connectivity index (χ0v) is 13.2. The number of ketones is 1. The summed E-state index contributed by atoms with van der Waals surface area (Å²) in [5, 5.41) is 0. The average molecular weight is 291 g/mol. The van der Waals surface area contributed by atoms with Crippen molar-refractivity contribution in [2.75, 3.05) is 19.7 Å². The van der Waals surface area contributed by atoms with E-state index in [9.17, 15) is 4.79 Å². The SMILES string of the molecule is O=C(C1CCOC2(CCC2)C1)C1(N2CCCC2)CCCC1. The quantitative estimate of drug-likeness (QED) is 0.799. The molecule has 21 heavy (non-hydrogen) atoms. The topological polar surface area (TPSA) is 29.5 Å². The van der Waals surface area contributed by atoms with Crippen molar-refractivity contribution < 1.29 is 9.53 Å². The molecule has 2 heterocycles. The molecule has 1 unspecified atom stereocenters. The number of Topliss-reactive ketones (excluding diaryl/α,β-unsaturated/α-hetero) is 1. The summed E-state index contributed by atoms with van der Waals surface area (Å²) >= 11 is 0. The Morgan fingerprint density at radius 1 is 0.952 bits per heavy atom. The number of ether oxygens (including phenoxy) is 1. The van der Waals surface area contributed by atoms with Gasteiger partial charge in [0, 0.05) is 12.5 Å². The molecule has 3 heteroatoms. The van der Waals surface area contributed by atoms with Crippen LogP contribution in [0, 0.1) is 5.92 Å². The van der Waals surface area contributed by atoms with Gasteiger partial charge in [-0.2, -0.15) is 0 Å². The third kappa shape index (κ3) is 2.28. The van der Waals surface area contributed by atoms with Crippen LogP contribution < -0.4 is 0 Å². The summed E-state index contributed by atoms with van der Waals surface area (Å²) in [5.41, 5.74) is 0.0207. The van der Waals surface area contributed by atoms with Gasteiger partial charge in [-0.1, -0.05) is 12.8 Å². The molecule has 2 saturated heterocycles. The number of carbonyl (C=O) groups excluding carboxylic acids is 1. The molecule has 118 valence electrons. The molecule has 2 aliphatic carbocycles. The first-order valence-electron chi connectivity index (χ1n) is 9.18. The van der Waals surface area contributed by atoms with Gasteiger partial charge in [-0.05, 0) is 70.9 Å². The molecule has 0 aromatic carbocycles. The van der Waals surface area contributed by atoms with Crippen molar-refractivity contribution in [3.8, 4) is 0 Å². The van der Waals surface area contributed by atoms with E-state index in [0.717, 1.165) is 45.4 Å². The lowest BCUT2D eigenvalue weighted by Crippen LogP contribution is -2.56. The van der Waals surface area contributed by atoms with Gasteiger partial charge >= 0.3 is 0 Å². The first-order valence-corrected chi connectivity index (χ1v) is 9.18. The molecule has 0 aromatic rings. The Kier molecular flexibility index (Phi) is 3.61. The average Bonchev–Trinajstić information content (AvgIpc) is 3.16. The predicted molar refractivity (Wildman–Crippen MR) is 82.3 cm³/mol. The van der Waals surface area contributed by atoms with Crippen LogP contribution in [0.3, 0.4) is 0 Å². The van der Waals surface area contributed by atoms with Gasteiger partial charge in [-0.25, -0.2) is 0 Å². The maximum atomic E-state index is 13.4. The van der Waals surface area contributed by atoms with Crippen molar-refractivity contribution in [2.24, 2.45) is 5.92 Å². The summed E-state index contributed by atoms with van der Waals surface area (Å²) in [6.07, 6.45) is 13.0. The fourth-order valence-electron chi connectivity index (χ4n) is 5.37. The Balaban J connectivity index is 1.53. The number of nitrogens with zero attached hydrogens (tertiary/aromatic N) is 1. The van der Waals surface area contributed by atoms with Crippen LogP contribution in [-0.2, 0) is 9.53 Å². The predicted octanol–water partition coefficient (Wildman–Crippen LogP) is 3.31. The Morgan fingerprint density at radius 2 is 1.67 bits per heavy atom. The summed E-state index contributed by atoms with van der Waals surface area (Å²) in [6.45, 7) is 3.12. The second kappa shape index (κ2) is 5.34. The van der Waals surface area contributed by atoms with E-state index < -0.39 is 0 Å². The minimum Gasteiger partial charge on any atom is -0.375 e. The van der Waals surface area contributed by atoms with E-state index in [-0.39, 0.29) is 17.1 Å². The van der Waals surface area contributed by atoms with Gasteiger partial charge in [0.15, 0.2) is 5.78 Å². The minimum absolute atomic E-state index is 0.0799. The highest BCUT2D eigenvalue weighted by molar-refractivity contribution is 5.91. The minimum atomic E-state index is -0.0799. The molecule has 0 amide bonds. The molecule has 4 rings (SSSR count). The number of likely N-dealkylation sites (tertiary alicyclic amines) is 1. The lowest BCUT2D eigenvalue weighted by atomic mass is 9.68. The van der Waals surface area contributed by atoms with Crippen LogP contribution in [-0.4, -0.2) is 41.5 Å². The molecule has 4 fully saturated rings. The second-order valence-electron chi connectivity index (χ2n) is 7.87. The van der Waals surface area contributed by atoms with Gasteiger partial charge in [0.1, 0.15) is 0 Å². The van der Waals surface area contributed by atoms with Gasteiger partial charge in [0.25, 0.3) is 0 Å². The molecule has 0 radical (unpaired) electrons. The Labute approximate surface area is 128 Å². The van der Waals surface area contributed by atoms with Crippen molar-refractivity contribution in [2.45, 2.75) is 81.8 Å². The van der Waals surface area contributed by atoms with E-state index in [0.29, 0.717) is 5.78 Å². The van der Waals surface area contributed by atoms with Crippen LogP contribution in [0.5, 0.6) is 0 Å². The number of rotatable bonds is 3. The van der Waals surface area contributed by atoms with Crippen LogP contribution in [0.4, 0.5) is 0 Å². The highest BCUT2D eigenvalue weighted by atomic mass is 16.5. The van der Waals surface area contributed by atoms with Gasteiger partial charge in [-0.3, -0.25) is 9.69 Å². The maximum absolute atomic E-state index is 13.4. The fraction of sp³-hybridized carbons (Fsp3) is 0.944. The van der Waals surface area contributed by atoms with E-state index in [1.165, 1.54) is 44.9 Å². The first-order chi connectivity index (χ1) is 10.2. The van der Waals surface area contributed by atoms with E-state index in [4.69, 9.17) is 4.74 Å². The van der Waals surface area contributed by atoms with E-state index >= 15 is 0 Å². The molecule has 1 spiro atoms. The summed E-state index contributed by atoms with van der Waals surface area (Å²) in [5.74, 6) is 0.870. The monoisotopic (exact) mass is 291 g/mol. The summed E-state index contributed by atoms with van der Waals surface area (Å²) in [6, 6.07) is 0. The van der Waals surface area contributed by atoms with Crippen LogP contribution >= 0.6 is 0 Å². The highest BCUT2D eigenvalue weighted by Crippen LogP contribution is 2.47. The highest BCUT2D eigenvalue weighted by Gasteiger charge is 2.52. The van der Waals surface area contributed by atoms with Gasteiger partial charge < -0.3 is 4.74 Å². The smallest absolute Gasteiger partial charge is 0.156 e. The van der Waals surface area contributed by atoms with Crippen molar-refractivity contribution in [3.05, 3.63) is 0 Å². The van der Waals surface area contributed by atoms with Gasteiger partial charge in [0.05, 0.1) is 11.1 Å². The summed E-state index contributed by atoms with van der Waals surface area (Å²) in [7, 11) is 0. The largest absolute Gasteiger partial charge is 0.375 e. The fourth-order valence-corrected chi connectivity index (χ4v) is 5.37. The molecule has 2 aliphatic heterocycles. The standard InChI is InChI=1S/C18H29NO2/c20-16(15-6-13-21-17(14-15)7-5-8-17)18(9-1-2-10-18)19-11-3-4-12-19/h15H,1-14H2. The van der Waals surface area contributed by atoms with E-state index in [2.05, 4.69) is 4.90 Å². The van der Waals surface area contributed by atoms with Crippen molar-refractivity contribution in [1.82, 2.24) is 4.90 Å². The molecular weight excluding hydrogens is 262 g/mol. The Bertz CT molecular complexity index is 403. The zero-order chi connectivity index (χ0) is 14.3. The van der Waals surface area contributed by atoms with Crippen molar-refractivity contribution >= 4 is 5.78 Å². The van der Waals surface area contributed by atoms with E-state index in [1.54, 1.807) is 0 Å². The molecule has 3 nitrogen and oxygen atoms in total. The Morgan fingerprint density at radius 3 is 2.29 bits per heavy atom. The molecule has 1 atom stereocenters. The summed E-state index contributed by atoms with van der Waals surface area (Å²) in [4.78, 5) is 16.0. The molecular formula is C18H29NO2. The van der Waals surface area contributed by atoms with Crippen LogP contribution in [0.1, 0.15) is 70.6 Å². The number of carbonyl (C=O) groups is 1. The zero-order valence-electron chi connectivity index (χ0n) is 13.2. The molecule has 4 aliphatic rings. The van der Waals surface area contributed by atoms with Crippen molar-refractivity contribution in [3.63, 3.8) is 0 Å². The molecule has 0 bridgehead atoms. The third-order valence-corrected chi connectivity index (χ3v) is 6.73. The first kappa shape index (κ1) is 14.2. The molecule has 2 saturated carbocycles. The van der Waals surface area contributed by atoms with E-state index in [1.807, 2.05) is 0 Å². The third-order valence-electron chi connectivity index (χ3n) is 6.73. The molecule has 0 aromatic heterocycles. The maximum Gasteiger partial charge on any atom is 0.156 e. The second-order valence-corrected chi connectivity index (χ2v) is 7.87. The molecule has 0 N–H and O–H groups in total. The lowest BCUT2D eigenvalue weighted by molar-refractivity contribution is -0.162. The normalized spacial score (nSPS) is 35.0.